The number of benzene rings is 2. The zero-order valence-electron chi connectivity index (χ0n) is 13.1. The first-order valence-electron chi connectivity index (χ1n) is 7.01. The molecule has 0 aliphatic heterocycles. The van der Waals surface area contributed by atoms with Gasteiger partial charge in [0.2, 0.25) is 5.91 Å². The molecule has 0 bridgehead atoms. The van der Waals surface area contributed by atoms with Crippen LogP contribution in [0, 0.1) is 0 Å². The van der Waals surface area contributed by atoms with Crippen molar-refractivity contribution < 1.29 is 19.4 Å². The van der Waals surface area contributed by atoms with Gasteiger partial charge in [0.05, 0.1) is 12.2 Å². The maximum atomic E-state index is 10.6. The second-order valence-corrected chi connectivity index (χ2v) is 4.57. The average Bonchev–Trinajstić information content (AvgIpc) is 2.48. The zero-order valence-corrected chi connectivity index (χ0v) is 13.1. The predicted molar refractivity (Wildman–Crippen MR) is 89.7 cm³/mol. The SMILES string of the molecule is CC(=O)Nc1cccc(N)c1.CCOc1ccc(C(=O)O)cc1. The number of anilines is 2. The van der Waals surface area contributed by atoms with Gasteiger partial charge in [-0.15, -0.1) is 0 Å². The lowest BCUT2D eigenvalue weighted by molar-refractivity contribution is -0.114. The maximum Gasteiger partial charge on any atom is 0.335 e. The zero-order chi connectivity index (χ0) is 17.2. The molecule has 2 aromatic carbocycles. The van der Waals surface area contributed by atoms with E-state index < -0.39 is 5.97 Å². The number of carboxylic acid groups (broad SMARTS) is 1. The number of rotatable bonds is 4. The van der Waals surface area contributed by atoms with Gasteiger partial charge in [-0.3, -0.25) is 4.79 Å². The Kier molecular flexibility index (Phi) is 7.13. The number of carbonyl (C=O) groups is 2. The number of hydrogen-bond donors (Lipinski definition) is 3. The Hall–Kier alpha value is -3.02. The van der Waals surface area contributed by atoms with Crippen molar-refractivity contribution in [2.75, 3.05) is 17.7 Å². The van der Waals surface area contributed by atoms with Crippen LogP contribution in [0.2, 0.25) is 0 Å². The highest BCUT2D eigenvalue weighted by Gasteiger charge is 2.00. The van der Waals surface area contributed by atoms with Gasteiger partial charge < -0.3 is 20.9 Å². The third-order valence-electron chi connectivity index (χ3n) is 2.62. The van der Waals surface area contributed by atoms with Crippen LogP contribution >= 0.6 is 0 Å². The Balaban J connectivity index is 0.000000231. The van der Waals surface area contributed by atoms with E-state index in [0.717, 1.165) is 5.69 Å². The largest absolute Gasteiger partial charge is 0.494 e. The summed E-state index contributed by atoms with van der Waals surface area (Å²) in [6.07, 6.45) is 0. The third-order valence-corrected chi connectivity index (χ3v) is 2.62. The van der Waals surface area contributed by atoms with E-state index in [-0.39, 0.29) is 11.5 Å². The number of nitrogens with two attached hydrogens (primary N) is 1. The molecule has 0 radical (unpaired) electrons. The summed E-state index contributed by atoms with van der Waals surface area (Å²) in [5.41, 5.74) is 7.14. The molecule has 0 fully saturated rings. The number of ether oxygens (including phenoxy) is 1. The monoisotopic (exact) mass is 316 g/mol. The molecule has 0 saturated heterocycles. The first kappa shape index (κ1) is 18.0. The molecule has 6 nitrogen and oxygen atoms in total. The second kappa shape index (κ2) is 9.09. The van der Waals surface area contributed by atoms with Crippen LogP contribution in [0.3, 0.4) is 0 Å². The molecule has 23 heavy (non-hydrogen) atoms. The minimum absolute atomic E-state index is 0.0874. The molecule has 2 aromatic rings. The van der Waals surface area contributed by atoms with Crippen LogP contribution in [-0.2, 0) is 4.79 Å². The summed E-state index contributed by atoms with van der Waals surface area (Å²) in [6, 6.07) is 13.4. The fourth-order valence-corrected chi connectivity index (χ4v) is 1.68. The predicted octanol–water partition coefficient (Wildman–Crippen LogP) is 3.01. The Morgan fingerprint density at radius 3 is 2.30 bits per heavy atom. The van der Waals surface area contributed by atoms with Crippen LogP contribution < -0.4 is 15.8 Å². The van der Waals surface area contributed by atoms with E-state index in [9.17, 15) is 9.59 Å². The number of nitrogens with one attached hydrogen (secondary N) is 1. The maximum absolute atomic E-state index is 10.6. The molecule has 0 atom stereocenters. The van der Waals surface area contributed by atoms with Crippen LogP contribution in [0.5, 0.6) is 5.75 Å². The summed E-state index contributed by atoms with van der Waals surface area (Å²) >= 11 is 0. The molecular formula is C17H20N2O4. The molecule has 0 aromatic heterocycles. The van der Waals surface area contributed by atoms with Crippen LogP contribution in [0.15, 0.2) is 48.5 Å². The summed E-state index contributed by atoms with van der Waals surface area (Å²) in [6.45, 7) is 3.93. The summed E-state index contributed by atoms with van der Waals surface area (Å²) in [7, 11) is 0. The molecule has 0 saturated carbocycles. The minimum atomic E-state index is -0.918. The summed E-state index contributed by atoms with van der Waals surface area (Å²) in [5.74, 6) is -0.309. The van der Waals surface area contributed by atoms with E-state index in [2.05, 4.69) is 5.32 Å². The Labute approximate surface area is 134 Å². The minimum Gasteiger partial charge on any atom is -0.494 e. The lowest BCUT2D eigenvalue weighted by Crippen LogP contribution is -2.05. The highest BCUT2D eigenvalue weighted by molar-refractivity contribution is 5.89. The topological polar surface area (TPSA) is 102 Å². The van der Waals surface area contributed by atoms with Crippen molar-refractivity contribution in [2.45, 2.75) is 13.8 Å². The number of amides is 1. The average molecular weight is 316 g/mol. The first-order valence-corrected chi connectivity index (χ1v) is 7.01. The Bertz CT molecular complexity index is 654. The molecule has 122 valence electrons. The molecule has 6 heteroatoms. The van der Waals surface area contributed by atoms with Crippen molar-refractivity contribution in [1.82, 2.24) is 0 Å². The lowest BCUT2D eigenvalue weighted by atomic mass is 10.2. The number of carboxylic acids is 1. The van der Waals surface area contributed by atoms with Crippen LogP contribution in [-0.4, -0.2) is 23.6 Å². The highest BCUT2D eigenvalue weighted by Crippen LogP contribution is 2.12. The number of aromatic carboxylic acids is 1. The highest BCUT2D eigenvalue weighted by atomic mass is 16.5. The fourth-order valence-electron chi connectivity index (χ4n) is 1.68. The standard InChI is InChI=1S/C9H10O3.C8H10N2O/c1-2-12-8-5-3-7(4-6-8)9(10)11;1-6(11)10-8-4-2-3-7(9)5-8/h3-6H,2H2,1H3,(H,10,11);2-5H,9H2,1H3,(H,10,11). The molecule has 2 rings (SSSR count). The molecule has 0 spiro atoms. The van der Waals surface area contributed by atoms with Crippen molar-refractivity contribution in [2.24, 2.45) is 0 Å². The molecule has 1 amide bonds. The lowest BCUT2D eigenvalue weighted by Gasteiger charge is -2.01. The van der Waals surface area contributed by atoms with E-state index in [0.29, 0.717) is 18.0 Å². The summed E-state index contributed by atoms with van der Waals surface area (Å²) in [5, 5.41) is 11.2. The van der Waals surface area contributed by atoms with Gasteiger partial charge in [-0.2, -0.15) is 0 Å². The van der Waals surface area contributed by atoms with E-state index in [1.165, 1.54) is 19.1 Å². The molecular weight excluding hydrogens is 296 g/mol. The van der Waals surface area contributed by atoms with E-state index >= 15 is 0 Å². The van der Waals surface area contributed by atoms with Crippen molar-refractivity contribution >= 4 is 23.3 Å². The smallest absolute Gasteiger partial charge is 0.335 e. The van der Waals surface area contributed by atoms with Crippen LogP contribution in [0.1, 0.15) is 24.2 Å². The van der Waals surface area contributed by atoms with Gasteiger partial charge in [-0.05, 0) is 49.4 Å². The Morgan fingerprint density at radius 1 is 1.17 bits per heavy atom. The third kappa shape index (κ3) is 6.99. The molecule has 0 aliphatic rings. The van der Waals surface area contributed by atoms with Gasteiger partial charge in [0.15, 0.2) is 0 Å². The first-order chi connectivity index (χ1) is 10.9. The van der Waals surface area contributed by atoms with Crippen molar-refractivity contribution in [3.8, 4) is 5.75 Å². The molecule has 4 N–H and O–H groups in total. The van der Waals surface area contributed by atoms with Crippen molar-refractivity contribution in [3.05, 3.63) is 54.1 Å². The van der Waals surface area contributed by atoms with E-state index in [1.807, 2.05) is 6.92 Å². The fraction of sp³-hybridized carbons (Fsp3) is 0.176. The van der Waals surface area contributed by atoms with Gasteiger partial charge in [-0.1, -0.05) is 6.07 Å². The van der Waals surface area contributed by atoms with Crippen LogP contribution in [0.25, 0.3) is 0 Å². The van der Waals surface area contributed by atoms with E-state index in [4.69, 9.17) is 15.6 Å². The Morgan fingerprint density at radius 2 is 1.83 bits per heavy atom. The van der Waals surface area contributed by atoms with Crippen molar-refractivity contribution in [3.63, 3.8) is 0 Å². The van der Waals surface area contributed by atoms with Crippen molar-refractivity contribution in [1.29, 1.82) is 0 Å². The molecule has 0 unspecified atom stereocenters. The van der Waals surface area contributed by atoms with Gasteiger partial charge in [-0.25, -0.2) is 4.79 Å². The van der Waals surface area contributed by atoms with E-state index in [1.54, 1.807) is 36.4 Å². The van der Waals surface area contributed by atoms with Gasteiger partial charge in [0.25, 0.3) is 0 Å². The second-order valence-electron chi connectivity index (χ2n) is 4.57. The van der Waals surface area contributed by atoms with Gasteiger partial charge in [0, 0.05) is 18.3 Å². The number of carbonyl (C=O) groups excluding carboxylic acids is 1. The normalized spacial score (nSPS) is 9.30. The van der Waals surface area contributed by atoms with Gasteiger partial charge >= 0.3 is 5.97 Å². The number of nitrogen functional groups attached to an aromatic ring is 1. The molecule has 0 heterocycles. The quantitative estimate of drug-likeness (QED) is 0.753. The molecule has 0 aliphatic carbocycles. The summed E-state index contributed by atoms with van der Waals surface area (Å²) in [4.78, 5) is 21.0. The summed E-state index contributed by atoms with van der Waals surface area (Å²) < 4.78 is 5.15. The van der Waals surface area contributed by atoms with Gasteiger partial charge in [0.1, 0.15) is 5.75 Å². The van der Waals surface area contributed by atoms with Crippen LogP contribution in [0.4, 0.5) is 11.4 Å². The number of hydrogen-bond acceptors (Lipinski definition) is 4.